The van der Waals surface area contributed by atoms with E-state index in [9.17, 15) is 24.9 Å². The van der Waals surface area contributed by atoms with E-state index < -0.39 is 36.0 Å². The number of hydrogen-bond donors (Lipinski definition) is 3. The summed E-state index contributed by atoms with van der Waals surface area (Å²) in [7, 11) is 0. The summed E-state index contributed by atoms with van der Waals surface area (Å²) >= 11 is 2.23. The number of carboxylic acids is 1. The lowest BCUT2D eigenvalue weighted by Gasteiger charge is -2.37. The van der Waals surface area contributed by atoms with Crippen molar-refractivity contribution in [3.8, 4) is 0 Å². The molecule has 3 aliphatic carbocycles. The van der Waals surface area contributed by atoms with E-state index in [1.54, 1.807) is 0 Å². The van der Waals surface area contributed by atoms with Crippen LogP contribution < -0.4 is 0 Å². The van der Waals surface area contributed by atoms with Crippen molar-refractivity contribution in [3.05, 3.63) is 47.6 Å². The summed E-state index contributed by atoms with van der Waals surface area (Å²) in [6.45, 7) is 4.36. The number of carboxylic acid groups (broad SMARTS) is 1. The van der Waals surface area contributed by atoms with Crippen LogP contribution in [0.25, 0.3) is 0 Å². The molecule has 0 heterocycles. The summed E-state index contributed by atoms with van der Waals surface area (Å²) in [6, 6.07) is 0. The smallest absolute Gasteiger partial charge is 0.309 e. The van der Waals surface area contributed by atoms with Crippen LogP contribution in [0.5, 0.6) is 0 Å². The van der Waals surface area contributed by atoms with Gasteiger partial charge in [0.2, 0.25) is 0 Å². The molecule has 0 bridgehead atoms. The molecule has 0 spiro atoms. The summed E-state index contributed by atoms with van der Waals surface area (Å²) in [6.07, 6.45) is 14.8. The van der Waals surface area contributed by atoms with Gasteiger partial charge in [-0.2, -0.15) is 0 Å². The normalized spacial score (nSPS) is 33.6. The number of ether oxygens (including phenoxy) is 1. The number of carbonyl (C=O) groups excluding carboxylic acids is 1. The molecule has 6 nitrogen and oxygen atoms in total. The largest absolute Gasteiger partial charge is 0.481 e. The highest BCUT2D eigenvalue weighted by atomic mass is 127. The Kier molecular flexibility index (Phi) is 8.97. The van der Waals surface area contributed by atoms with Gasteiger partial charge in [0.15, 0.2) is 0 Å². The van der Waals surface area contributed by atoms with Crippen LogP contribution in [-0.2, 0) is 14.3 Å². The van der Waals surface area contributed by atoms with Crippen molar-refractivity contribution < 1.29 is 29.6 Å². The quantitative estimate of drug-likeness (QED) is 0.174. The SMILES string of the molecule is CC1C=C(C(C)(CCCOC(=O)C2CCCCC2C(=O)O)C2=CC(I)C(O)C=C2)C=CC1O. The van der Waals surface area contributed by atoms with Crippen LogP contribution in [0.3, 0.4) is 0 Å². The molecule has 3 N–H and O–H groups in total. The Balaban J connectivity index is 1.69. The molecule has 0 aromatic heterocycles. The number of esters is 1. The zero-order valence-electron chi connectivity index (χ0n) is 19.3. The summed E-state index contributed by atoms with van der Waals surface area (Å²) in [4.78, 5) is 24.1. The molecular weight excluding hydrogens is 535 g/mol. The molecule has 3 rings (SSSR count). The first-order chi connectivity index (χ1) is 15.6. The Bertz CT molecular complexity index is 817. The average Bonchev–Trinajstić information content (AvgIpc) is 2.79. The monoisotopic (exact) mass is 570 g/mol. The molecule has 3 aliphatic rings. The first kappa shape index (κ1) is 26.2. The predicted octanol–water partition coefficient (Wildman–Crippen LogP) is 4.36. The van der Waals surface area contributed by atoms with Gasteiger partial charge in [-0.05, 0) is 36.8 Å². The minimum atomic E-state index is -0.914. The minimum absolute atomic E-state index is 0.00411. The maximum Gasteiger partial charge on any atom is 0.309 e. The van der Waals surface area contributed by atoms with Gasteiger partial charge < -0.3 is 20.1 Å². The third-order valence-corrected chi connectivity index (χ3v) is 8.41. The predicted molar refractivity (Wildman–Crippen MR) is 135 cm³/mol. The summed E-state index contributed by atoms with van der Waals surface area (Å²) < 4.78 is 5.52. The van der Waals surface area contributed by atoms with Crippen molar-refractivity contribution in [1.82, 2.24) is 0 Å². The van der Waals surface area contributed by atoms with E-state index >= 15 is 0 Å². The molecule has 0 amide bonds. The Morgan fingerprint density at radius 2 is 1.67 bits per heavy atom. The van der Waals surface area contributed by atoms with Gasteiger partial charge in [-0.1, -0.05) is 85.7 Å². The third-order valence-electron chi connectivity index (χ3n) is 7.32. The summed E-state index contributed by atoms with van der Waals surface area (Å²) in [5.74, 6) is -2.52. The number of alkyl halides is 1. The molecule has 1 saturated carbocycles. The van der Waals surface area contributed by atoms with E-state index in [1.165, 1.54) is 0 Å². The van der Waals surface area contributed by atoms with Crippen molar-refractivity contribution in [2.45, 2.75) is 68.5 Å². The highest BCUT2D eigenvalue weighted by Gasteiger charge is 2.38. The molecular formula is C26H35IO6. The van der Waals surface area contributed by atoms with Gasteiger partial charge >= 0.3 is 11.9 Å². The fourth-order valence-electron chi connectivity index (χ4n) is 5.05. The summed E-state index contributed by atoms with van der Waals surface area (Å²) in [5, 5.41) is 29.7. The lowest BCUT2D eigenvalue weighted by atomic mass is 9.68. The fraction of sp³-hybridized carbons (Fsp3) is 0.615. The molecule has 0 radical (unpaired) electrons. The molecule has 7 unspecified atom stereocenters. The Morgan fingerprint density at radius 3 is 2.27 bits per heavy atom. The highest BCUT2D eigenvalue weighted by Crippen LogP contribution is 2.45. The van der Waals surface area contributed by atoms with E-state index in [0.29, 0.717) is 25.7 Å². The van der Waals surface area contributed by atoms with Crippen LogP contribution in [0, 0.1) is 23.2 Å². The average molecular weight is 570 g/mol. The standard InChI is InChI=1S/C26H35IO6/c1-16-14-17(8-10-22(16)28)26(2,18-9-11-23(29)21(27)15-18)12-5-13-33-25(32)20-7-4-3-6-19(20)24(30)31/h8-11,14-16,19-23,28-29H,3-7,12-13H2,1-2H3,(H,30,31). The number of aliphatic hydroxyl groups is 2. The topological polar surface area (TPSA) is 104 Å². The number of allylic oxidation sites excluding steroid dienone is 4. The molecule has 7 heteroatoms. The number of aliphatic hydroxyl groups excluding tert-OH is 2. The Hall–Kier alpha value is -1.45. The van der Waals surface area contributed by atoms with Crippen molar-refractivity contribution >= 4 is 34.5 Å². The molecule has 1 fully saturated rings. The second-order valence-electron chi connectivity index (χ2n) is 9.69. The highest BCUT2D eigenvalue weighted by molar-refractivity contribution is 14.1. The van der Waals surface area contributed by atoms with Crippen molar-refractivity contribution in [3.63, 3.8) is 0 Å². The van der Waals surface area contributed by atoms with Crippen LogP contribution >= 0.6 is 22.6 Å². The molecule has 0 aliphatic heterocycles. The first-order valence-electron chi connectivity index (χ1n) is 11.8. The number of halogens is 1. The maximum absolute atomic E-state index is 12.6. The molecule has 182 valence electrons. The van der Waals surface area contributed by atoms with E-state index in [2.05, 4.69) is 41.7 Å². The number of hydrogen-bond acceptors (Lipinski definition) is 5. The van der Waals surface area contributed by atoms with Gasteiger partial charge in [-0.15, -0.1) is 0 Å². The number of aliphatic carboxylic acids is 1. The van der Waals surface area contributed by atoms with Gasteiger partial charge in [-0.3, -0.25) is 9.59 Å². The number of carbonyl (C=O) groups is 2. The van der Waals surface area contributed by atoms with Gasteiger partial charge in [0, 0.05) is 11.3 Å². The molecule has 7 atom stereocenters. The number of rotatable bonds is 8. The van der Waals surface area contributed by atoms with Gasteiger partial charge in [0.05, 0.1) is 34.6 Å². The second kappa shape index (κ2) is 11.3. The second-order valence-corrected chi connectivity index (χ2v) is 11.1. The van der Waals surface area contributed by atoms with Crippen molar-refractivity contribution in [1.29, 1.82) is 0 Å². The van der Waals surface area contributed by atoms with E-state index in [0.717, 1.165) is 24.0 Å². The maximum atomic E-state index is 12.6. The molecule has 0 aromatic carbocycles. The van der Waals surface area contributed by atoms with Crippen LogP contribution in [0.2, 0.25) is 0 Å². The zero-order valence-corrected chi connectivity index (χ0v) is 21.5. The van der Waals surface area contributed by atoms with Crippen LogP contribution in [0.4, 0.5) is 0 Å². The Labute approximate surface area is 209 Å². The lowest BCUT2D eigenvalue weighted by molar-refractivity contribution is -0.159. The van der Waals surface area contributed by atoms with E-state index in [1.807, 2.05) is 31.2 Å². The third kappa shape index (κ3) is 6.17. The van der Waals surface area contributed by atoms with Gasteiger partial charge in [0.25, 0.3) is 0 Å². The van der Waals surface area contributed by atoms with Crippen LogP contribution in [0.15, 0.2) is 47.6 Å². The zero-order chi connectivity index (χ0) is 24.2. The van der Waals surface area contributed by atoms with Gasteiger partial charge in [0.1, 0.15) is 0 Å². The van der Waals surface area contributed by atoms with Crippen molar-refractivity contribution in [2.75, 3.05) is 6.61 Å². The Morgan fingerprint density at radius 1 is 1.06 bits per heavy atom. The van der Waals surface area contributed by atoms with E-state index in [-0.39, 0.29) is 21.9 Å². The lowest BCUT2D eigenvalue weighted by Crippen LogP contribution is -2.34. The molecule has 0 saturated heterocycles. The van der Waals surface area contributed by atoms with E-state index in [4.69, 9.17) is 4.74 Å². The fourth-order valence-corrected chi connectivity index (χ4v) is 5.68. The molecule has 33 heavy (non-hydrogen) atoms. The first-order valence-corrected chi connectivity index (χ1v) is 13.1. The van der Waals surface area contributed by atoms with Crippen LogP contribution in [0.1, 0.15) is 52.4 Å². The van der Waals surface area contributed by atoms with Gasteiger partial charge in [-0.25, -0.2) is 0 Å². The van der Waals surface area contributed by atoms with Crippen molar-refractivity contribution in [2.24, 2.45) is 23.2 Å². The minimum Gasteiger partial charge on any atom is -0.481 e. The molecule has 0 aromatic rings. The summed E-state index contributed by atoms with van der Waals surface area (Å²) in [5.41, 5.74) is 1.82. The van der Waals surface area contributed by atoms with Crippen LogP contribution in [-0.4, -0.2) is 50.0 Å².